The fraction of sp³-hybridized carbons (Fsp3) is 0.955. The van der Waals surface area contributed by atoms with E-state index in [1.807, 2.05) is 0 Å². The second-order valence-electron chi connectivity index (χ2n) is 15.8. The number of unbranched alkanes of at least 4 members (excludes halogenated alkanes) is 28. The lowest BCUT2D eigenvalue weighted by molar-refractivity contribution is -0.146. The lowest BCUT2D eigenvalue weighted by Gasteiger charge is -2.19. The highest BCUT2D eigenvalue weighted by molar-refractivity contribution is 7.47. The molecule has 322 valence electrons. The first-order valence-corrected chi connectivity index (χ1v) is 24.4. The Hall–Kier alpha value is -0.830. The zero-order chi connectivity index (χ0) is 39.6. The van der Waals surface area contributed by atoms with Gasteiger partial charge in [0.25, 0.3) is 0 Å². The Kier molecular flexibility index (Phi) is 41.2. The summed E-state index contributed by atoms with van der Waals surface area (Å²) < 4.78 is 28.2. The van der Waals surface area contributed by atoms with Crippen LogP contribution >= 0.6 is 7.82 Å². The molecule has 0 aromatic heterocycles. The van der Waals surface area contributed by atoms with Gasteiger partial charge in [-0.15, -0.1) is 0 Å². The van der Waals surface area contributed by atoms with Crippen molar-refractivity contribution in [2.75, 3.05) is 39.5 Å². The van der Waals surface area contributed by atoms with E-state index in [9.17, 15) is 19.0 Å². The van der Waals surface area contributed by atoms with Gasteiger partial charge in [0.15, 0.2) is 0 Å². The van der Waals surface area contributed by atoms with Crippen molar-refractivity contribution in [2.45, 2.75) is 226 Å². The number of ether oxygens (including phenoxy) is 1. The van der Waals surface area contributed by atoms with Crippen LogP contribution in [0.3, 0.4) is 0 Å². The summed E-state index contributed by atoms with van der Waals surface area (Å²) in [6.07, 6.45) is 38.9. The second-order valence-corrected chi connectivity index (χ2v) is 17.2. The van der Waals surface area contributed by atoms with Gasteiger partial charge in [0.1, 0.15) is 5.78 Å². The molecular weight excluding hydrogens is 701 g/mol. The molecule has 0 amide bonds. The van der Waals surface area contributed by atoms with E-state index in [0.29, 0.717) is 19.4 Å². The zero-order valence-corrected chi connectivity index (χ0v) is 36.3. The Morgan fingerprint density at radius 2 is 0.926 bits per heavy atom. The average molecular weight is 790 g/mol. The van der Waals surface area contributed by atoms with Crippen molar-refractivity contribution in [3.8, 4) is 0 Å². The molecule has 0 spiro atoms. The molecule has 1 unspecified atom stereocenters. The van der Waals surface area contributed by atoms with Gasteiger partial charge in [-0.05, 0) is 12.8 Å². The standard InChI is InChI=1S/C44H88NO8P/c1-3-5-7-9-11-13-15-17-19-21-23-25-27-29-31-33-43(47)39-42(41-53-54(49,50)52-38-36-45-35-37-46)40-51-44(48)34-32-30-28-26-24-22-20-18-16-14-12-10-8-6-4-2/h42,45-46H,3-41H2,1-2H3,(H,49,50)/t42-/m0/s1. The first-order valence-electron chi connectivity index (χ1n) is 22.9. The number of rotatable bonds is 45. The fourth-order valence-electron chi connectivity index (χ4n) is 6.88. The average Bonchev–Trinajstić information content (AvgIpc) is 3.15. The van der Waals surface area contributed by atoms with E-state index in [1.54, 1.807) is 0 Å². The number of hydrogen-bond donors (Lipinski definition) is 3. The van der Waals surface area contributed by atoms with Crippen molar-refractivity contribution >= 4 is 19.6 Å². The van der Waals surface area contributed by atoms with Gasteiger partial charge in [-0.1, -0.05) is 194 Å². The molecule has 0 aliphatic heterocycles. The molecule has 0 fully saturated rings. The van der Waals surface area contributed by atoms with Crippen LogP contribution in [-0.4, -0.2) is 61.3 Å². The molecule has 9 nitrogen and oxygen atoms in total. The fourth-order valence-corrected chi connectivity index (χ4v) is 7.68. The van der Waals surface area contributed by atoms with E-state index >= 15 is 0 Å². The summed E-state index contributed by atoms with van der Waals surface area (Å²) in [4.78, 5) is 35.5. The molecule has 0 radical (unpaired) electrons. The summed E-state index contributed by atoms with van der Waals surface area (Å²) >= 11 is 0. The van der Waals surface area contributed by atoms with Crippen molar-refractivity contribution in [2.24, 2.45) is 5.92 Å². The molecular formula is C44H88NO8P. The van der Waals surface area contributed by atoms with Gasteiger partial charge in [-0.25, -0.2) is 4.57 Å². The monoisotopic (exact) mass is 790 g/mol. The molecule has 0 aliphatic rings. The van der Waals surface area contributed by atoms with Crippen LogP contribution < -0.4 is 5.32 Å². The normalized spacial score (nSPS) is 13.3. The third-order valence-corrected chi connectivity index (χ3v) is 11.3. The number of carbonyl (C=O) groups is 2. The molecule has 3 N–H and O–H groups in total. The number of hydrogen-bond acceptors (Lipinski definition) is 8. The number of phosphoric ester groups is 1. The number of aliphatic hydroxyl groups is 1. The highest BCUT2D eigenvalue weighted by atomic mass is 31.2. The highest BCUT2D eigenvalue weighted by Crippen LogP contribution is 2.43. The van der Waals surface area contributed by atoms with Crippen LogP contribution in [0.25, 0.3) is 0 Å². The van der Waals surface area contributed by atoms with Gasteiger partial charge < -0.3 is 20.1 Å². The zero-order valence-electron chi connectivity index (χ0n) is 35.4. The van der Waals surface area contributed by atoms with Crippen LogP contribution in [-0.2, 0) is 27.9 Å². The lowest BCUT2D eigenvalue weighted by atomic mass is 9.99. The van der Waals surface area contributed by atoms with Crippen molar-refractivity contribution < 1.29 is 37.9 Å². The summed E-state index contributed by atoms with van der Waals surface area (Å²) in [7, 11) is -4.34. The largest absolute Gasteiger partial charge is 0.472 e. The predicted molar refractivity (Wildman–Crippen MR) is 225 cm³/mol. The van der Waals surface area contributed by atoms with Crippen LogP contribution in [0.4, 0.5) is 0 Å². The molecule has 54 heavy (non-hydrogen) atoms. The maximum atomic E-state index is 12.9. The number of nitrogens with one attached hydrogen (secondary N) is 1. The number of ketones is 1. The molecule has 0 saturated heterocycles. The van der Waals surface area contributed by atoms with E-state index < -0.39 is 13.7 Å². The Bertz CT molecular complexity index is 860. The molecule has 0 aromatic carbocycles. The minimum atomic E-state index is -4.34. The van der Waals surface area contributed by atoms with Crippen molar-refractivity contribution in [3.05, 3.63) is 0 Å². The predicted octanol–water partition coefficient (Wildman–Crippen LogP) is 12.3. The minimum absolute atomic E-state index is 0.0276. The Morgan fingerprint density at radius 3 is 1.33 bits per heavy atom. The van der Waals surface area contributed by atoms with Crippen LogP contribution in [0.1, 0.15) is 226 Å². The highest BCUT2D eigenvalue weighted by Gasteiger charge is 2.25. The molecule has 0 aliphatic carbocycles. The molecule has 0 rings (SSSR count). The van der Waals surface area contributed by atoms with Crippen LogP contribution in [0, 0.1) is 5.92 Å². The third-order valence-electron chi connectivity index (χ3n) is 10.3. The minimum Gasteiger partial charge on any atom is -0.465 e. The number of esters is 1. The summed E-state index contributed by atoms with van der Waals surface area (Å²) in [5, 5.41) is 11.7. The first-order chi connectivity index (χ1) is 26.3. The lowest BCUT2D eigenvalue weighted by Crippen LogP contribution is -2.23. The molecule has 2 atom stereocenters. The van der Waals surface area contributed by atoms with Gasteiger partial charge in [0.2, 0.25) is 0 Å². The number of carbonyl (C=O) groups excluding carboxylic acids is 2. The second kappa shape index (κ2) is 41.8. The smallest absolute Gasteiger partial charge is 0.465 e. The van der Waals surface area contributed by atoms with Crippen molar-refractivity contribution in [1.82, 2.24) is 5.32 Å². The molecule has 0 aromatic rings. The summed E-state index contributed by atoms with van der Waals surface area (Å²) in [5.74, 6) is -0.767. The molecule has 0 saturated carbocycles. The van der Waals surface area contributed by atoms with Crippen LogP contribution in [0.15, 0.2) is 0 Å². The summed E-state index contributed by atoms with van der Waals surface area (Å²) in [6, 6.07) is 0. The molecule has 0 bridgehead atoms. The third kappa shape index (κ3) is 40.8. The van der Waals surface area contributed by atoms with Crippen molar-refractivity contribution in [1.29, 1.82) is 0 Å². The first kappa shape index (κ1) is 53.2. The number of aliphatic hydroxyl groups excluding tert-OH is 1. The van der Waals surface area contributed by atoms with Crippen molar-refractivity contribution in [3.63, 3.8) is 0 Å². The molecule has 0 heterocycles. The van der Waals surface area contributed by atoms with Crippen LogP contribution in [0.5, 0.6) is 0 Å². The summed E-state index contributed by atoms with van der Waals surface area (Å²) in [6.45, 7) is 4.82. The van der Waals surface area contributed by atoms with E-state index in [4.69, 9.17) is 18.9 Å². The van der Waals surface area contributed by atoms with Gasteiger partial charge >= 0.3 is 13.8 Å². The molecule has 10 heteroatoms. The SMILES string of the molecule is CCCCCCCCCCCCCCCCCC(=O)C[C@@H](COC(=O)CCCCCCCCCCCCCCCCC)COP(=O)(O)OCCNCCO. The van der Waals surface area contributed by atoms with Gasteiger partial charge in [-0.3, -0.25) is 18.6 Å². The maximum absolute atomic E-state index is 12.9. The van der Waals surface area contributed by atoms with Gasteiger partial charge in [-0.2, -0.15) is 0 Å². The van der Waals surface area contributed by atoms with E-state index in [2.05, 4.69) is 19.2 Å². The quantitative estimate of drug-likeness (QED) is 0.0313. The van der Waals surface area contributed by atoms with E-state index in [-0.39, 0.29) is 51.1 Å². The topological polar surface area (TPSA) is 131 Å². The summed E-state index contributed by atoms with van der Waals surface area (Å²) in [5.41, 5.74) is 0. The van der Waals surface area contributed by atoms with Gasteiger partial charge in [0, 0.05) is 38.3 Å². The Morgan fingerprint density at radius 1 is 0.537 bits per heavy atom. The van der Waals surface area contributed by atoms with Crippen LogP contribution in [0.2, 0.25) is 0 Å². The van der Waals surface area contributed by atoms with E-state index in [0.717, 1.165) is 38.5 Å². The Labute approximate surface area is 333 Å². The van der Waals surface area contributed by atoms with E-state index in [1.165, 1.54) is 154 Å². The Balaban J connectivity index is 4.26. The van der Waals surface area contributed by atoms with Gasteiger partial charge in [0.05, 0.1) is 26.4 Å². The maximum Gasteiger partial charge on any atom is 0.472 e. The number of Topliss-reactive ketones (excluding diaryl/α,β-unsaturated/α-hetero) is 1. The number of phosphoric acid groups is 1.